The molecule has 0 fully saturated rings. The predicted octanol–water partition coefficient (Wildman–Crippen LogP) is 16.7. The largest absolute Gasteiger partial charge is 0.310 e. The number of nitrogens with zero attached hydrogens (tertiary/aromatic N) is 4. The van der Waals surface area contributed by atoms with E-state index in [0.717, 1.165) is 66.9 Å². The van der Waals surface area contributed by atoms with E-state index in [1.165, 1.54) is 47.5 Å². The Morgan fingerprint density at radius 2 is 1.02 bits per heavy atom. The van der Waals surface area contributed by atoms with Gasteiger partial charge in [-0.15, -0.1) is 11.3 Å². The van der Waals surface area contributed by atoms with Gasteiger partial charge in [-0.05, 0) is 95.4 Å². The second-order valence-electron chi connectivity index (χ2n) is 16.6. The molecule has 0 aliphatic carbocycles. The molecule has 3 aromatic heterocycles. The summed E-state index contributed by atoms with van der Waals surface area (Å²) >= 11 is 1.85. The highest BCUT2D eigenvalue weighted by atomic mass is 32.1. The lowest BCUT2D eigenvalue weighted by Gasteiger charge is -2.27. The maximum Gasteiger partial charge on any atom is 0.160 e. The molecule has 13 rings (SSSR count). The first kappa shape index (κ1) is 37.2. The molecule has 0 saturated heterocycles. The average Bonchev–Trinajstić information content (AvgIpc) is 3.92. The van der Waals surface area contributed by atoms with E-state index in [4.69, 9.17) is 9.97 Å². The highest BCUT2D eigenvalue weighted by molar-refractivity contribution is 7.25. The van der Waals surface area contributed by atoms with E-state index >= 15 is 0 Å². The van der Waals surface area contributed by atoms with Crippen LogP contribution in [0.1, 0.15) is 0 Å². The molecule has 0 unspecified atom stereocenters. The van der Waals surface area contributed by atoms with Crippen molar-refractivity contribution < 1.29 is 0 Å². The van der Waals surface area contributed by atoms with E-state index < -0.39 is 0 Å². The predicted molar refractivity (Wildman–Crippen MR) is 275 cm³/mol. The summed E-state index contributed by atoms with van der Waals surface area (Å²) in [4.78, 5) is 12.9. The van der Waals surface area contributed by atoms with Gasteiger partial charge in [-0.3, -0.25) is 0 Å². The van der Waals surface area contributed by atoms with Gasteiger partial charge in [0.25, 0.3) is 0 Å². The van der Waals surface area contributed by atoms with Gasteiger partial charge < -0.3 is 9.47 Å². The molecule has 0 radical (unpaired) electrons. The molecule has 3 heterocycles. The van der Waals surface area contributed by atoms with Gasteiger partial charge >= 0.3 is 0 Å². The summed E-state index contributed by atoms with van der Waals surface area (Å²) in [6, 6.07) is 82.8. The molecular weight excluding hydrogens is 809 g/mol. The second kappa shape index (κ2) is 15.2. The number of aromatic nitrogens is 3. The van der Waals surface area contributed by atoms with Crippen molar-refractivity contribution in [1.82, 2.24) is 14.5 Å². The Morgan fingerprint density at radius 3 is 1.91 bits per heavy atom. The first-order valence-electron chi connectivity index (χ1n) is 22.0. The highest BCUT2D eigenvalue weighted by Crippen LogP contribution is 2.44. The minimum Gasteiger partial charge on any atom is -0.310 e. The van der Waals surface area contributed by atoms with Crippen molar-refractivity contribution >= 4 is 92.1 Å². The van der Waals surface area contributed by atoms with Crippen LogP contribution < -0.4 is 4.90 Å². The first-order chi connectivity index (χ1) is 32.2. The number of fused-ring (bicyclic) bond motifs is 8. The third-order valence-corrected chi connectivity index (χ3v) is 13.9. The number of para-hydroxylation sites is 2. The van der Waals surface area contributed by atoms with Crippen LogP contribution in [0.2, 0.25) is 0 Å². The standard InChI is InChI=1S/C60H38N4S/c1-2-14-39(15-3-1)40-28-30-42(31-29-40)59-50-23-6-9-24-53(50)61-60(62-59)43-32-34-56-51(36-43)48-21-7-10-25-55(48)64(56)45-19-13-18-44(37-45)63(54-26-12-17-41-16-4-5-20-47(41)54)46-33-35-58-52(38-46)49-22-8-11-27-57(49)65-58/h1-38H. The summed E-state index contributed by atoms with van der Waals surface area (Å²) in [5.74, 6) is 0.702. The zero-order chi connectivity index (χ0) is 42.8. The number of hydrogen-bond donors (Lipinski definition) is 0. The van der Waals surface area contributed by atoms with Crippen LogP contribution in [0.25, 0.3) is 103 Å². The molecule has 0 spiro atoms. The lowest BCUT2D eigenvalue weighted by atomic mass is 10.0. The average molecular weight is 847 g/mol. The minimum absolute atomic E-state index is 0.702. The van der Waals surface area contributed by atoms with Crippen molar-refractivity contribution in [1.29, 1.82) is 0 Å². The van der Waals surface area contributed by atoms with E-state index in [-0.39, 0.29) is 0 Å². The maximum atomic E-state index is 5.32. The molecule has 0 amide bonds. The lowest BCUT2D eigenvalue weighted by molar-refractivity contribution is 1.17. The van der Waals surface area contributed by atoms with Crippen LogP contribution in [0.4, 0.5) is 17.1 Å². The van der Waals surface area contributed by atoms with Gasteiger partial charge in [-0.25, -0.2) is 9.97 Å². The Labute approximate surface area is 379 Å². The van der Waals surface area contributed by atoms with Crippen LogP contribution in [0.5, 0.6) is 0 Å². The summed E-state index contributed by atoms with van der Waals surface area (Å²) in [5.41, 5.74) is 12.9. The van der Waals surface area contributed by atoms with Crippen LogP contribution in [0.3, 0.4) is 0 Å². The van der Waals surface area contributed by atoms with Gasteiger partial charge in [0.1, 0.15) is 0 Å². The summed E-state index contributed by atoms with van der Waals surface area (Å²) in [6.45, 7) is 0. The molecule has 0 bridgehead atoms. The number of rotatable bonds is 7. The third-order valence-electron chi connectivity index (χ3n) is 12.8. The van der Waals surface area contributed by atoms with E-state index in [9.17, 15) is 0 Å². The quantitative estimate of drug-likeness (QED) is 0.160. The summed E-state index contributed by atoms with van der Waals surface area (Å²) in [7, 11) is 0. The smallest absolute Gasteiger partial charge is 0.160 e. The molecule has 0 atom stereocenters. The van der Waals surface area contributed by atoms with Gasteiger partial charge in [0.2, 0.25) is 0 Å². The minimum atomic E-state index is 0.702. The van der Waals surface area contributed by atoms with Gasteiger partial charge in [-0.2, -0.15) is 0 Å². The molecule has 0 aliphatic heterocycles. The molecular formula is C60H38N4S. The Balaban J connectivity index is 0.957. The van der Waals surface area contributed by atoms with Crippen molar-refractivity contribution in [3.8, 4) is 39.5 Å². The van der Waals surface area contributed by atoms with Crippen LogP contribution in [0, 0.1) is 0 Å². The number of anilines is 3. The molecule has 0 saturated carbocycles. The van der Waals surface area contributed by atoms with Gasteiger partial charge in [0.15, 0.2) is 5.82 Å². The first-order valence-corrected chi connectivity index (χ1v) is 22.8. The Morgan fingerprint density at radius 1 is 0.369 bits per heavy atom. The lowest BCUT2D eigenvalue weighted by Crippen LogP contribution is -2.11. The van der Waals surface area contributed by atoms with E-state index in [1.807, 2.05) is 11.3 Å². The fraction of sp³-hybridized carbons (Fsp3) is 0. The van der Waals surface area contributed by atoms with Crippen LogP contribution in [0.15, 0.2) is 231 Å². The van der Waals surface area contributed by atoms with Crippen molar-refractivity contribution in [2.24, 2.45) is 0 Å². The topological polar surface area (TPSA) is 34.0 Å². The third kappa shape index (κ3) is 6.28. The van der Waals surface area contributed by atoms with E-state index in [1.54, 1.807) is 0 Å². The zero-order valence-corrected chi connectivity index (χ0v) is 36.0. The fourth-order valence-corrected chi connectivity index (χ4v) is 10.8. The van der Waals surface area contributed by atoms with Crippen molar-refractivity contribution in [3.05, 3.63) is 231 Å². The Hall–Kier alpha value is -8.38. The highest BCUT2D eigenvalue weighted by Gasteiger charge is 2.20. The SMILES string of the molecule is c1ccc(-c2ccc(-c3nc(-c4ccc5c(c4)c4ccccc4n5-c4cccc(N(c5ccc6sc7ccccc7c6c5)c5cccc6ccccc56)c4)nc4ccccc34)cc2)cc1. The molecule has 13 aromatic rings. The van der Waals surface area contributed by atoms with E-state index in [0.29, 0.717) is 5.82 Å². The van der Waals surface area contributed by atoms with Crippen LogP contribution in [-0.2, 0) is 0 Å². The zero-order valence-electron chi connectivity index (χ0n) is 35.1. The van der Waals surface area contributed by atoms with E-state index in [2.05, 4.69) is 240 Å². The Bertz CT molecular complexity index is 3950. The number of thiophene rings is 1. The van der Waals surface area contributed by atoms with Gasteiger partial charge in [0.05, 0.1) is 27.9 Å². The Kier molecular flexibility index (Phi) is 8.68. The second-order valence-corrected chi connectivity index (χ2v) is 17.7. The monoisotopic (exact) mass is 846 g/mol. The normalized spacial score (nSPS) is 11.7. The molecule has 304 valence electrons. The van der Waals surface area contributed by atoms with Gasteiger partial charge in [0, 0.05) is 69.9 Å². The van der Waals surface area contributed by atoms with Crippen molar-refractivity contribution in [2.75, 3.05) is 4.90 Å². The molecule has 0 aliphatic rings. The number of hydrogen-bond acceptors (Lipinski definition) is 4. The summed E-state index contributed by atoms with van der Waals surface area (Å²) in [6.07, 6.45) is 0. The van der Waals surface area contributed by atoms with Crippen molar-refractivity contribution in [2.45, 2.75) is 0 Å². The summed E-state index contributed by atoms with van der Waals surface area (Å²) in [5, 5.41) is 8.31. The molecule has 5 heteroatoms. The number of benzene rings is 10. The summed E-state index contributed by atoms with van der Waals surface area (Å²) < 4.78 is 4.99. The molecule has 0 N–H and O–H groups in total. The fourth-order valence-electron chi connectivity index (χ4n) is 9.72. The maximum absolute atomic E-state index is 5.32. The molecule has 10 aromatic carbocycles. The van der Waals surface area contributed by atoms with Gasteiger partial charge in [-0.1, -0.05) is 152 Å². The van der Waals surface area contributed by atoms with Crippen LogP contribution in [-0.4, -0.2) is 14.5 Å². The molecule has 4 nitrogen and oxygen atoms in total. The van der Waals surface area contributed by atoms with Crippen LogP contribution >= 0.6 is 11.3 Å². The molecule has 65 heavy (non-hydrogen) atoms. The van der Waals surface area contributed by atoms with Crippen molar-refractivity contribution in [3.63, 3.8) is 0 Å².